The number of carbonyl (C=O) groups is 1. The normalized spacial score (nSPS) is 10.5. The molecule has 2 aromatic carbocycles. The molecule has 0 saturated carbocycles. The third kappa shape index (κ3) is 2.64. The van der Waals surface area contributed by atoms with Crippen molar-refractivity contribution in [2.24, 2.45) is 0 Å². The van der Waals surface area contributed by atoms with Gasteiger partial charge in [0, 0.05) is 11.1 Å². The van der Waals surface area contributed by atoms with Gasteiger partial charge in [-0.1, -0.05) is 29.3 Å². The standard InChI is InChI=1S/C16H16ClNO/c1-9-6-10(2)15(11(3)7-9)16(19)12-4-5-13(17)14(18)8-12/h4-8H,18H2,1-3H3. The lowest BCUT2D eigenvalue weighted by atomic mass is 9.93. The van der Waals surface area contributed by atoms with Gasteiger partial charge < -0.3 is 5.73 Å². The van der Waals surface area contributed by atoms with Crippen LogP contribution in [0.1, 0.15) is 32.6 Å². The maximum atomic E-state index is 12.6. The number of nitrogen functional groups attached to an aromatic ring is 1. The molecule has 0 fully saturated rings. The van der Waals surface area contributed by atoms with Crippen LogP contribution in [0.3, 0.4) is 0 Å². The summed E-state index contributed by atoms with van der Waals surface area (Å²) in [7, 11) is 0. The molecular formula is C16H16ClNO. The Balaban J connectivity index is 2.53. The number of aryl methyl sites for hydroxylation is 3. The molecule has 2 aromatic rings. The molecule has 0 aliphatic rings. The van der Waals surface area contributed by atoms with Crippen molar-refractivity contribution in [3.8, 4) is 0 Å². The number of benzene rings is 2. The van der Waals surface area contributed by atoms with E-state index in [1.165, 1.54) is 0 Å². The molecule has 0 heterocycles. The van der Waals surface area contributed by atoms with Gasteiger partial charge in [-0.05, 0) is 50.1 Å². The zero-order valence-electron chi connectivity index (χ0n) is 11.3. The summed E-state index contributed by atoms with van der Waals surface area (Å²) in [6, 6.07) is 9.02. The van der Waals surface area contributed by atoms with Crippen LogP contribution in [-0.2, 0) is 0 Å². The van der Waals surface area contributed by atoms with Crippen LogP contribution in [0, 0.1) is 20.8 Å². The molecule has 0 spiro atoms. The lowest BCUT2D eigenvalue weighted by Gasteiger charge is -2.11. The first-order valence-electron chi connectivity index (χ1n) is 6.07. The summed E-state index contributed by atoms with van der Waals surface area (Å²) in [5, 5.41) is 0.467. The molecule has 0 amide bonds. The summed E-state index contributed by atoms with van der Waals surface area (Å²) in [6.07, 6.45) is 0. The van der Waals surface area contributed by atoms with E-state index in [9.17, 15) is 4.79 Å². The lowest BCUT2D eigenvalue weighted by Crippen LogP contribution is -2.07. The van der Waals surface area contributed by atoms with Crippen molar-refractivity contribution in [3.05, 3.63) is 63.2 Å². The van der Waals surface area contributed by atoms with Crippen LogP contribution in [0.4, 0.5) is 5.69 Å². The average Bonchev–Trinajstić information content (AvgIpc) is 2.31. The smallest absolute Gasteiger partial charge is 0.193 e. The molecule has 0 unspecified atom stereocenters. The Kier molecular flexibility index (Phi) is 3.63. The minimum absolute atomic E-state index is 0.0154. The minimum atomic E-state index is -0.0154. The van der Waals surface area contributed by atoms with E-state index in [1.807, 2.05) is 32.9 Å². The van der Waals surface area contributed by atoms with E-state index in [4.69, 9.17) is 17.3 Å². The highest BCUT2D eigenvalue weighted by molar-refractivity contribution is 6.33. The van der Waals surface area contributed by atoms with Crippen molar-refractivity contribution in [3.63, 3.8) is 0 Å². The monoisotopic (exact) mass is 273 g/mol. The second-order valence-corrected chi connectivity index (χ2v) is 5.25. The van der Waals surface area contributed by atoms with Crippen molar-refractivity contribution >= 4 is 23.1 Å². The zero-order chi connectivity index (χ0) is 14.2. The van der Waals surface area contributed by atoms with Crippen LogP contribution >= 0.6 is 11.6 Å². The molecule has 0 atom stereocenters. The van der Waals surface area contributed by atoms with Gasteiger partial charge in [0.1, 0.15) is 0 Å². The molecular weight excluding hydrogens is 258 g/mol. The van der Waals surface area contributed by atoms with Gasteiger partial charge in [-0.3, -0.25) is 4.79 Å². The Morgan fingerprint density at radius 1 is 1.05 bits per heavy atom. The van der Waals surface area contributed by atoms with Gasteiger partial charge in [0.25, 0.3) is 0 Å². The molecule has 0 bridgehead atoms. The Bertz CT molecular complexity index is 639. The summed E-state index contributed by atoms with van der Waals surface area (Å²) < 4.78 is 0. The van der Waals surface area contributed by atoms with Crippen LogP contribution in [-0.4, -0.2) is 5.78 Å². The van der Waals surface area contributed by atoms with E-state index < -0.39 is 0 Å². The molecule has 0 aromatic heterocycles. The number of ketones is 1. The second-order valence-electron chi connectivity index (χ2n) is 4.84. The molecule has 2 rings (SSSR count). The van der Waals surface area contributed by atoms with Crippen LogP contribution < -0.4 is 5.73 Å². The fraction of sp³-hybridized carbons (Fsp3) is 0.188. The predicted octanol–water partition coefficient (Wildman–Crippen LogP) is 4.08. The fourth-order valence-electron chi connectivity index (χ4n) is 2.37. The summed E-state index contributed by atoms with van der Waals surface area (Å²) in [4.78, 5) is 12.6. The van der Waals surface area contributed by atoms with Gasteiger partial charge in [0.2, 0.25) is 0 Å². The molecule has 2 N–H and O–H groups in total. The van der Waals surface area contributed by atoms with Gasteiger partial charge >= 0.3 is 0 Å². The summed E-state index contributed by atoms with van der Waals surface area (Å²) >= 11 is 5.88. The number of halogens is 1. The molecule has 98 valence electrons. The predicted molar refractivity (Wildman–Crippen MR) is 79.9 cm³/mol. The highest BCUT2D eigenvalue weighted by Gasteiger charge is 2.15. The van der Waals surface area contributed by atoms with Gasteiger partial charge in [0.15, 0.2) is 5.78 Å². The van der Waals surface area contributed by atoms with Gasteiger partial charge in [-0.25, -0.2) is 0 Å². The van der Waals surface area contributed by atoms with E-state index >= 15 is 0 Å². The maximum absolute atomic E-state index is 12.6. The topological polar surface area (TPSA) is 43.1 Å². The van der Waals surface area contributed by atoms with E-state index in [0.717, 1.165) is 22.3 Å². The third-order valence-corrected chi connectivity index (χ3v) is 3.51. The van der Waals surface area contributed by atoms with E-state index in [1.54, 1.807) is 18.2 Å². The van der Waals surface area contributed by atoms with Crippen molar-refractivity contribution < 1.29 is 4.79 Å². The Labute approximate surface area is 118 Å². The first kappa shape index (κ1) is 13.6. The van der Waals surface area contributed by atoms with Crippen LogP contribution in [0.15, 0.2) is 30.3 Å². The highest BCUT2D eigenvalue weighted by atomic mass is 35.5. The number of hydrogen-bond acceptors (Lipinski definition) is 2. The van der Waals surface area contributed by atoms with Gasteiger partial charge in [0.05, 0.1) is 10.7 Å². The number of anilines is 1. The molecule has 19 heavy (non-hydrogen) atoms. The van der Waals surface area contributed by atoms with Crippen molar-refractivity contribution in [2.75, 3.05) is 5.73 Å². The van der Waals surface area contributed by atoms with Crippen LogP contribution in [0.5, 0.6) is 0 Å². The van der Waals surface area contributed by atoms with E-state index in [2.05, 4.69) is 0 Å². The first-order valence-corrected chi connectivity index (χ1v) is 6.45. The van der Waals surface area contributed by atoms with Crippen molar-refractivity contribution in [1.29, 1.82) is 0 Å². The van der Waals surface area contributed by atoms with Gasteiger partial charge in [-0.2, -0.15) is 0 Å². The summed E-state index contributed by atoms with van der Waals surface area (Å²) in [5.41, 5.74) is 10.6. The van der Waals surface area contributed by atoms with Crippen molar-refractivity contribution in [1.82, 2.24) is 0 Å². The lowest BCUT2D eigenvalue weighted by molar-refractivity contribution is 0.103. The Morgan fingerprint density at radius 3 is 2.16 bits per heavy atom. The molecule has 0 radical (unpaired) electrons. The summed E-state index contributed by atoms with van der Waals surface area (Å²) in [6.45, 7) is 5.92. The SMILES string of the molecule is Cc1cc(C)c(C(=O)c2ccc(Cl)c(N)c2)c(C)c1. The third-order valence-electron chi connectivity index (χ3n) is 3.16. The minimum Gasteiger partial charge on any atom is -0.398 e. The number of rotatable bonds is 2. The Morgan fingerprint density at radius 2 is 1.63 bits per heavy atom. The summed E-state index contributed by atoms with van der Waals surface area (Å²) in [5.74, 6) is -0.0154. The second kappa shape index (κ2) is 5.06. The quantitative estimate of drug-likeness (QED) is 0.662. The first-order chi connectivity index (χ1) is 8.90. The molecule has 0 saturated heterocycles. The van der Waals surface area contributed by atoms with E-state index in [-0.39, 0.29) is 5.78 Å². The van der Waals surface area contributed by atoms with E-state index in [0.29, 0.717) is 16.3 Å². The number of carbonyl (C=O) groups excluding carboxylic acids is 1. The number of hydrogen-bond donors (Lipinski definition) is 1. The van der Waals surface area contributed by atoms with Crippen LogP contribution in [0.25, 0.3) is 0 Å². The molecule has 2 nitrogen and oxygen atoms in total. The van der Waals surface area contributed by atoms with Crippen LogP contribution in [0.2, 0.25) is 5.02 Å². The molecule has 0 aliphatic heterocycles. The molecule has 0 aliphatic carbocycles. The number of nitrogens with two attached hydrogens (primary N) is 1. The average molecular weight is 274 g/mol. The largest absolute Gasteiger partial charge is 0.398 e. The zero-order valence-corrected chi connectivity index (χ0v) is 12.0. The van der Waals surface area contributed by atoms with Crippen molar-refractivity contribution in [2.45, 2.75) is 20.8 Å². The molecule has 3 heteroatoms. The fourth-order valence-corrected chi connectivity index (χ4v) is 2.49. The highest BCUT2D eigenvalue weighted by Crippen LogP contribution is 2.24. The Hall–Kier alpha value is -1.80. The van der Waals surface area contributed by atoms with Gasteiger partial charge in [-0.15, -0.1) is 0 Å². The maximum Gasteiger partial charge on any atom is 0.193 e.